The van der Waals surface area contributed by atoms with Gasteiger partial charge in [-0.25, -0.2) is 0 Å². The van der Waals surface area contributed by atoms with Crippen LogP contribution < -0.4 is 0 Å². The van der Waals surface area contributed by atoms with Crippen molar-refractivity contribution in [2.75, 3.05) is 0 Å². The summed E-state index contributed by atoms with van der Waals surface area (Å²) in [5, 5.41) is 14.6. The number of hydrogen-bond donors (Lipinski definition) is 0. The van der Waals surface area contributed by atoms with Crippen molar-refractivity contribution in [3.63, 3.8) is 0 Å². The molecule has 0 aromatic heterocycles. The van der Waals surface area contributed by atoms with Gasteiger partial charge < -0.3 is 0 Å². The van der Waals surface area contributed by atoms with Gasteiger partial charge in [0, 0.05) is 13.8 Å². The van der Waals surface area contributed by atoms with Crippen LogP contribution >= 0.6 is 0 Å². The second-order valence-corrected chi connectivity index (χ2v) is 7.19. The van der Waals surface area contributed by atoms with E-state index in [1.165, 1.54) is 39.5 Å². The Kier molecular flexibility index (Phi) is 39.4. The summed E-state index contributed by atoms with van der Waals surface area (Å²) in [5.41, 5.74) is 0. The molecule has 0 unspecified atom stereocenters. The van der Waals surface area contributed by atoms with E-state index >= 15 is 0 Å². The van der Waals surface area contributed by atoms with Gasteiger partial charge in [-0.3, -0.25) is 0 Å². The van der Waals surface area contributed by atoms with Crippen molar-refractivity contribution in [3.8, 4) is 12.1 Å². The first-order chi connectivity index (χ1) is 7.24. The number of hydrogen-bond acceptors (Lipinski definition) is 2. The van der Waals surface area contributed by atoms with Crippen LogP contribution in [-0.4, -0.2) is 21.1 Å². The summed E-state index contributed by atoms with van der Waals surface area (Å²) in [5.74, 6) is 0. The first kappa shape index (κ1) is 20.2. The van der Waals surface area contributed by atoms with Crippen molar-refractivity contribution < 1.29 is 0 Å². The van der Waals surface area contributed by atoms with E-state index in [-0.39, 0.29) is 21.1 Å². The molecule has 0 saturated heterocycles. The SMILES string of the molecule is CC#N.CC#N.CCC[CH2][Sn][CH2]CCC. The Morgan fingerprint density at radius 2 is 1.13 bits per heavy atom. The number of rotatable bonds is 6. The summed E-state index contributed by atoms with van der Waals surface area (Å²) in [4.78, 5) is 0. The average molecular weight is 315 g/mol. The fraction of sp³-hybridized carbons (Fsp3) is 0.833. The Morgan fingerprint density at radius 1 is 0.867 bits per heavy atom. The summed E-state index contributed by atoms with van der Waals surface area (Å²) < 4.78 is 3.25. The van der Waals surface area contributed by atoms with Crippen molar-refractivity contribution in [2.45, 2.75) is 62.3 Å². The van der Waals surface area contributed by atoms with Gasteiger partial charge in [-0.15, -0.1) is 0 Å². The van der Waals surface area contributed by atoms with Gasteiger partial charge in [0.15, 0.2) is 0 Å². The van der Waals surface area contributed by atoms with Crippen LogP contribution in [0.4, 0.5) is 0 Å². The molecule has 0 N–H and O–H groups in total. The van der Waals surface area contributed by atoms with Crippen LogP contribution in [-0.2, 0) is 0 Å². The van der Waals surface area contributed by atoms with E-state index in [0.29, 0.717) is 0 Å². The molecule has 0 amide bonds. The molecule has 0 saturated carbocycles. The van der Waals surface area contributed by atoms with Crippen molar-refractivity contribution in [1.29, 1.82) is 10.5 Å². The minimum absolute atomic E-state index is 0.149. The number of unbranched alkanes of at least 4 members (excludes halogenated alkanes) is 2. The topological polar surface area (TPSA) is 47.6 Å². The molecule has 0 aliphatic heterocycles. The van der Waals surface area contributed by atoms with E-state index in [1.807, 2.05) is 0 Å². The Balaban J connectivity index is -0.000000200. The molecule has 0 aromatic carbocycles. The van der Waals surface area contributed by atoms with Crippen LogP contribution in [0.5, 0.6) is 0 Å². The molecule has 15 heavy (non-hydrogen) atoms. The first-order valence-electron chi connectivity index (χ1n) is 5.57. The third kappa shape index (κ3) is 57.2. The predicted molar refractivity (Wildman–Crippen MR) is 67.8 cm³/mol. The molecule has 86 valence electrons. The van der Waals surface area contributed by atoms with Gasteiger partial charge in [0.25, 0.3) is 0 Å². The van der Waals surface area contributed by atoms with Gasteiger partial charge in [0.2, 0.25) is 0 Å². The Bertz CT molecular complexity index is 138. The minimum atomic E-state index is 0.149. The van der Waals surface area contributed by atoms with Crippen molar-refractivity contribution in [1.82, 2.24) is 0 Å². The van der Waals surface area contributed by atoms with E-state index in [1.54, 1.807) is 21.0 Å². The van der Waals surface area contributed by atoms with E-state index in [4.69, 9.17) is 10.5 Å². The maximum absolute atomic E-state index is 7.32. The van der Waals surface area contributed by atoms with E-state index in [9.17, 15) is 0 Å². The zero-order valence-corrected chi connectivity index (χ0v) is 13.5. The average Bonchev–Trinajstić information content (AvgIpc) is 2.20. The van der Waals surface area contributed by atoms with Crippen LogP contribution in [0, 0.1) is 22.7 Å². The number of nitrogens with zero attached hydrogens (tertiary/aromatic N) is 2. The van der Waals surface area contributed by atoms with Gasteiger partial charge in [0.05, 0.1) is 12.1 Å². The van der Waals surface area contributed by atoms with Gasteiger partial charge >= 0.3 is 69.5 Å². The van der Waals surface area contributed by atoms with Crippen LogP contribution in [0.15, 0.2) is 0 Å². The fourth-order valence-electron chi connectivity index (χ4n) is 0.729. The quantitative estimate of drug-likeness (QED) is 0.545. The molecule has 2 radical (unpaired) electrons. The first-order valence-corrected chi connectivity index (χ1v) is 9.60. The molecule has 0 atom stereocenters. The second kappa shape index (κ2) is 29.2. The monoisotopic (exact) mass is 316 g/mol. The Hall–Kier alpha value is -0.221. The van der Waals surface area contributed by atoms with Crippen molar-refractivity contribution in [2.24, 2.45) is 0 Å². The molecule has 0 aromatic rings. The van der Waals surface area contributed by atoms with Gasteiger partial charge in [-0.05, 0) is 0 Å². The molecule has 2 nitrogen and oxygen atoms in total. The van der Waals surface area contributed by atoms with Crippen molar-refractivity contribution >= 4 is 21.1 Å². The fourth-order valence-corrected chi connectivity index (χ4v) is 4.89. The molecule has 0 bridgehead atoms. The molecule has 0 rings (SSSR count). The molecular formula is C12H24N2Sn. The number of nitriles is 2. The maximum atomic E-state index is 7.32. The van der Waals surface area contributed by atoms with Gasteiger partial charge in [-0.2, -0.15) is 10.5 Å². The summed E-state index contributed by atoms with van der Waals surface area (Å²) in [7, 11) is 0. The zero-order chi connectivity index (χ0) is 12.4. The second-order valence-electron chi connectivity index (χ2n) is 2.90. The van der Waals surface area contributed by atoms with Crippen LogP contribution in [0.25, 0.3) is 0 Å². The molecule has 0 aliphatic carbocycles. The molecular weight excluding hydrogens is 291 g/mol. The van der Waals surface area contributed by atoms with Crippen molar-refractivity contribution in [3.05, 3.63) is 0 Å². The summed E-state index contributed by atoms with van der Waals surface area (Å²) in [6.45, 7) is 7.44. The Labute approximate surface area is 106 Å². The van der Waals surface area contributed by atoms with Crippen LogP contribution in [0.3, 0.4) is 0 Å². The molecule has 0 aliphatic rings. The van der Waals surface area contributed by atoms with Crippen LogP contribution in [0.1, 0.15) is 53.4 Å². The summed E-state index contributed by atoms with van der Waals surface area (Å²) in [6, 6.07) is 3.50. The van der Waals surface area contributed by atoms with Gasteiger partial charge in [-0.1, -0.05) is 0 Å². The van der Waals surface area contributed by atoms with E-state index in [2.05, 4.69) is 13.8 Å². The third-order valence-electron chi connectivity index (χ3n) is 1.41. The summed E-state index contributed by atoms with van der Waals surface area (Å²) >= 11 is 0.149. The van der Waals surface area contributed by atoms with E-state index in [0.717, 1.165) is 0 Å². The Morgan fingerprint density at radius 3 is 1.33 bits per heavy atom. The predicted octanol–water partition coefficient (Wildman–Crippen LogP) is 4.19. The third-order valence-corrected chi connectivity index (χ3v) is 5.45. The molecule has 0 spiro atoms. The normalized spacial score (nSPS) is 7.07. The summed E-state index contributed by atoms with van der Waals surface area (Å²) in [6.07, 6.45) is 5.84. The van der Waals surface area contributed by atoms with Gasteiger partial charge in [0.1, 0.15) is 0 Å². The molecule has 0 fully saturated rings. The standard InChI is InChI=1S/2C4H9.2C2H3N.Sn/c2*1-3-4-2;2*1-2-3;/h2*1,3-4H2,2H3;2*1H3;. The molecule has 3 heteroatoms. The zero-order valence-electron chi connectivity index (χ0n) is 10.6. The van der Waals surface area contributed by atoms with E-state index < -0.39 is 0 Å². The molecule has 0 heterocycles. The van der Waals surface area contributed by atoms with Crippen LogP contribution in [0.2, 0.25) is 8.87 Å².